The Labute approximate surface area is 193 Å². The number of carbonyl (C=O) groups is 1. The Balaban J connectivity index is 1.74. The number of aryl methyl sites for hydroxylation is 1. The van der Waals surface area contributed by atoms with E-state index in [1.807, 2.05) is 36.4 Å². The van der Waals surface area contributed by atoms with Crippen molar-refractivity contribution in [1.29, 1.82) is 0 Å². The topological polar surface area (TPSA) is 72.3 Å². The van der Waals surface area contributed by atoms with E-state index in [-0.39, 0.29) is 18.1 Å². The lowest BCUT2D eigenvalue weighted by Crippen LogP contribution is -2.31. The molecule has 0 radical (unpaired) electrons. The summed E-state index contributed by atoms with van der Waals surface area (Å²) in [6.45, 7) is 4.84. The van der Waals surface area contributed by atoms with Crippen LogP contribution in [-0.4, -0.2) is 44.2 Å². The molecule has 166 valence electrons. The number of nitrogens with zero attached hydrogens (tertiary/aromatic N) is 4. The van der Waals surface area contributed by atoms with Gasteiger partial charge in [0.2, 0.25) is 0 Å². The minimum absolute atomic E-state index is 0.0568. The second-order valence-corrected chi connectivity index (χ2v) is 8.24. The van der Waals surface area contributed by atoms with Crippen LogP contribution in [0.4, 0.5) is 0 Å². The first-order chi connectivity index (χ1) is 15.5. The summed E-state index contributed by atoms with van der Waals surface area (Å²) in [7, 11) is 1.41. The molecule has 2 atom stereocenters. The van der Waals surface area contributed by atoms with Crippen molar-refractivity contribution in [2.75, 3.05) is 13.7 Å². The lowest BCUT2D eigenvalue weighted by Gasteiger charge is -2.28. The normalized spacial score (nSPS) is 18.0. The summed E-state index contributed by atoms with van der Waals surface area (Å²) in [5.74, 6) is 0.670. The Hall–Kier alpha value is -3.26. The van der Waals surface area contributed by atoms with Gasteiger partial charge in [-0.1, -0.05) is 12.1 Å². The molecule has 0 aliphatic carbocycles. The highest BCUT2D eigenvalue weighted by molar-refractivity contribution is 7.80. The fourth-order valence-corrected chi connectivity index (χ4v) is 4.74. The number of nitrogens with one attached hydrogen (secondary N) is 1. The van der Waals surface area contributed by atoms with E-state index in [4.69, 9.17) is 17.0 Å². The van der Waals surface area contributed by atoms with Gasteiger partial charge in [-0.2, -0.15) is 0 Å². The predicted molar refractivity (Wildman–Crippen MR) is 126 cm³/mol. The van der Waals surface area contributed by atoms with Gasteiger partial charge < -0.3 is 19.5 Å². The SMILES string of the molecule is COC(=O)CCCN1C(=S)N[C@H](c2ccccn2)[C@@H]1c1cc(C)n(-c2ccccn2)c1C. The van der Waals surface area contributed by atoms with Gasteiger partial charge in [-0.05, 0) is 68.4 Å². The van der Waals surface area contributed by atoms with Gasteiger partial charge in [-0.3, -0.25) is 9.78 Å². The lowest BCUT2D eigenvalue weighted by molar-refractivity contribution is -0.140. The van der Waals surface area contributed by atoms with Gasteiger partial charge in [0.15, 0.2) is 5.11 Å². The van der Waals surface area contributed by atoms with Crippen molar-refractivity contribution in [3.8, 4) is 5.82 Å². The molecular formula is C24H27N5O2S. The molecule has 4 heterocycles. The first kappa shape index (κ1) is 22.0. The van der Waals surface area contributed by atoms with Crippen LogP contribution in [0.2, 0.25) is 0 Å². The number of hydrogen-bond acceptors (Lipinski definition) is 5. The number of thiocarbonyl (C=S) groups is 1. The molecule has 3 aromatic heterocycles. The molecule has 8 heteroatoms. The summed E-state index contributed by atoms with van der Waals surface area (Å²) in [4.78, 5) is 23.0. The van der Waals surface area contributed by atoms with Crippen molar-refractivity contribution in [2.45, 2.75) is 38.8 Å². The van der Waals surface area contributed by atoms with Crippen LogP contribution in [0.5, 0.6) is 0 Å². The predicted octanol–water partition coefficient (Wildman–Crippen LogP) is 3.81. The van der Waals surface area contributed by atoms with Crippen LogP contribution in [-0.2, 0) is 9.53 Å². The zero-order valence-corrected chi connectivity index (χ0v) is 19.3. The van der Waals surface area contributed by atoms with Crippen LogP contribution in [0.3, 0.4) is 0 Å². The van der Waals surface area contributed by atoms with E-state index in [9.17, 15) is 4.79 Å². The van der Waals surface area contributed by atoms with Crippen molar-refractivity contribution in [3.63, 3.8) is 0 Å². The van der Waals surface area contributed by atoms with Crippen LogP contribution >= 0.6 is 12.2 Å². The Bertz CT molecular complexity index is 1100. The number of esters is 1. The maximum Gasteiger partial charge on any atom is 0.305 e. The minimum Gasteiger partial charge on any atom is -0.469 e. The van der Waals surface area contributed by atoms with Crippen molar-refractivity contribution in [3.05, 3.63) is 77.5 Å². The molecule has 0 unspecified atom stereocenters. The molecule has 1 aliphatic heterocycles. The highest BCUT2D eigenvalue weighted by Gasteiger charge is 2.41. The molecule has 1 N–H and O–H groups in total. The van der Waals surface area contributed by atoms with E-state index in [1.165, 1.54) is 7.11 Å². The molecular weight excluding hydrogens is 422 g/mol. The summed E-state index contributed by atoms with van der Waals surface area (Å²) >= 11 is 5.73. The zero-order chi connectivity index (χ0) is 22.7. The number of carbonyl (C=O) groups excluding carboxylic acids is 1. The number of ether oxygens (including phenoxy) is 1. The molecule has 0 spiro atoms. The average Bonchev–Trinajstić information content (AvgIpc) is 3.29. The van der Waals surface area contributed by atoms with Gasteiger partial charge in [0.25, 0.3) is 0 Å². The van der Waals surface area contributed by atoms with Gasteiger partial charge in [0.05, 0.1) is 24.9 Å². The van der Waals surface area contributed by atoms with Gasteiger partial charge in [0.1, 0.15) is 5.82 Å². The Morgan fingerprint density at radius 3 is 2.56 bits per heavy atom. The highest BCUT2D eigenvalue weighted by atomic mass is 32.1. The van der Waals surface area contributed by atoms with Crippen LogP contribution in [0.15, 0.2) is 54.9 Å². The van der Waals surface area contributed by atoms with E-state index in [0.29, 0.717) is 24.5 Å². The number of methoxy groups -OCH3 is 1. The summed E-state index contributed by atoms with van der Waals surface area (Å²) < 4.78 is 6.97. The minimum atomic E-state index is -0.214. The molecule has 3 aromatic rings. The second-order valence-electron chi connectivity index (χ2n) is 7.85. The number of hydrogen-bond donors (Lipinski definition) is 1. The fourth-order valence-electron chi connectivity index (χ4n) is 4.41. The van der Waals surface area contributed by atoms with Crippen molar-refractivity contribution in [1.82, 2.24) is 24.8 Å². The first-order valence-electron chi connectivity index (χ1n) is 10.7. The molecule has 1 fully saturated rings. The van der Waals surface area contributed by atoms with Gasteiger partial charge in [0, 0.05) is 36.7 Å². The largest absolute Gasteiger partial charge is 0.469 e. The van der Waals surface area contributed by atoms with E-state index >= 15 is 0 Å². The van der Waals surface area contributed by atoms with Crippen molar-refractivity contribution in [2.24, 2.45) is 0 Å². The molecule has 0 aromatic carbocycles. The van der Waals surface area contributed by atoms with Crippen molar-refractivity contribution >= 4 is 23.3 Å². The van der Waals surface area contributed by atoms with Crippen LogP contribution in [0.1, 0.15) is 47.6 Å². The maximum absolute atomic E-state index is 11.7. The maximum atomic E-state index is 11.7. The fraction of sp³-hybridized carbons (Fsp3) is 0.333. The van der Waals surface area contributed by atoms with E-state index in [1.54, 1.807) is 12.4 Å². The highest BCUT2D eigenvalue weighted by Crippen LogP contribution is 2.41. The third-order valence-electron chi connectivity index (χ3n) is 5.87. The van der Waals surface area contributed by atoms with Gasteiger partial charge in [-0.15, -0.1) is 0 Å². The van der Waals surface area contributed by atoms with Gasteiger partial charge in [-0.25, -0.2) is 4.98 Å². The molecule has 0 saturated carbocycles. The first-order valence-corrected chi connectivity index (χ1v) is 11.1. The molecule has 0 bridgehead atoms. The van der Waals surface area contributed by atoms with Crippen LogP contribution in [0, 0.1) is 13.8 Å². The molecule has 7 nitrogen and oxygen atoms in total. The third-order valence-corrected chi connectivity index (χ3v) is 6.23. The molecule has 0 amide bonds. The summed E-state index contributed by atoms with van der Waals surface area (Å²) in [5, 5.41) is 4.14. The number of rotatable bonds is 7. The third kappa shape index (κ3) is 4.23. The van der Waals surface area contributed by atoms with Crippen LogP contribution < -0.4 is 5.32 Å². The summed E-state index contributed by atoms with van der Waals surface area (Å²) in [6.07, 6.45) is 4.60. The Kier molecular flexibility index (Phi) is 6.50. The molecule has 4 rings (SSSR count). The summed E-state index contributed by atoms with van der Waals surface area (Å²) in [6, 6.07) is 13.9. The number of pyridine rings is 2. The van der Waals surface area contributed by atoms with Crippen LogP contribution in [0.25, 0.3) is 5.82 Å². The van der Waals surface area contributed by atoms with E-state index in [2.05, 4.69) is 44.7 Å². The Morgan fingerprint density at radius 2 is 1.91 bits per heavy atom. The van der Waals surface area contributed by atoms with Crippen molar-refractivity contribution < 1.29 is 9.53 Å². The quantitative estimate of drug-likeness (QED) is 0.434. The standard InChI is InChI=1S/C24H27N5O2S/c1-16-15-18(17(2)29(16)20-10-5-7-13-26-20)23-22(19-9-4-6-12-25-19)27-24(32)28(23)14-8-11-21(30)31-3/h4-7,9-10,12-13,15,22-23H,8,11,14H2,1-3H3,(H,27,32)/t22-,23+/m1/s1. The number of aromatic nitrogens is 3. The monoisotopic (exact) mass is 449 g/mol. The molecule has 1 saturated heterocycles. The van der Waals surface area contributed by atoms with Gasteiger partial charge >= 0.3 is 5.97 Å². The van der Waals surface area contributed by atoms with E-state index in [0.717, 1.165) is 28.5 Å². The molecule has 1 aliphatic rings. The summed E-state index contributed by atoms with van der Waals surface area (Å²) in [5.41, 5.74) is 4.30. The second kappa shape index (κ2) is 9.48. The lowest BCUT2D eigenvalue weighted by atomic mass is 9.96. The zero-order valence-electron chi connectivity index (χ0n) is 18.5. The Morgan fingerprint density at radius 1 is 1.16 bits per heavy atom. The molecule has 32 heavy (non-hydrogen) atoms. The smallest absolute Gasteiger partial charge is 0.305 e. The van der Waals surface area contributed by atoms with E-state index < -0.39 is 0 Å². The average molecular weight is 450 g/mol.